The number of ether oxygens (including phenoxy) is 1. The van der Waals surface area contributed by atoms with Crippen molar-refractivity contribution in [1.29, 1.82) is 0 Å². The summed E-state index contributed by atoms with van der Waals surface area (Å²) in [6.07, 6.45) is 3.57. The van der Waals surface area contributed by atoms with Crippen LogP contribution in [-0.2, 0) is 0 Å². The highest BCUT2D eigenvalue weighted by Crippen LogP contribution is 2.32. The Morgan fingerprint density at radius 2 is 2.29 bits per heavy atom. The van der Waals surface area contributed by atoms with Crippen molar-refractivity contribution in [3.05, 3.63) is 34.1 Å². The van der Waals surface area contributed by atoms with Gasteiger partial charge in [0.2, 0.25) is 0 Å². The van der Waals surface area contributed by atoms with Gasteiger partial charge in [0, 0.05) is 12.1 Å². The van der Waals surface area contributed by atoms with Crippen LogP contribution in [0.4, 0.5) is 4.39 Å². The first kappa shape index (κ1) is 11.2. The molecule has 2 nitrogen and oxygen atoms in total. The Kier molecular flexibility index (Phi) is 4.10. The van der Waals surface area contributed by atoms with Crippen molar-refractivity contribution in [2.75, 3.05) is 13.7 Å². The quantitative estimate of drug-likeness (QED) is 0.906. The summed E-state index contributed by atoms with van der Waals surface area (Å²) in [4.78, 5) is 0. The zero-order valence-electron chi connectivity index (χ0n) is 7.76. The van der Waals surface area contributed by atoms with Crippen LogP contribution < -0.4 is 10.5 Å². The average Bonchev–Trinajstić information content (AvgIpc) is 2.20. The molecular formula is C10H11BrFNO. The third-order valence-corrected chi connectivity index (χ3v) is 2.46. The molecule has 0 aliphatic heterocycles. The Hall–Kier alpha value is -0.870. The first-order valence-corrected chi connectivity index (χ1v) is 4.88. The van der Waals surface area contributed by atoms with Crippen LogP contribution in [0, 0.1) is 5.82 Å². The maximum Gasteiger partial charge on any atom is 0.143 e. The predicted octanol–water partition coefficient (Wildman–Crippen LogP) is 2.57. The Labute approximate surface area is 90.7 Å². The lowest BCUT2D eigenvalue weighted by molar-refractivity contribution is 0.407. The fourth-order valence-electron chi connectivity index (χ4n) is 1.08. The molecule has 2 N–H and O–H groups in total. The minimum absolute atomic E-state index is 0.333. The Balaban J connectivity index is 3.17. The van der Waals surface area contributed by atoms with Crippen LogP contribution in [0.1, 0.15) is 5.56 Å². The van der Waals surface area contributed by atoms with E-state index in [1.54, 1.807) is 18.2 Å². The van der Waals surface area contributed by atoms with Crippen LogP contribution in [0.2, 0.25) is 0 Å². The molecule has 0 aromatic heterocycles. The van der Waals surface area contributed by atoms with Gasteiger partial charge in [-0.15, -0.1) is 0 Å². The number of nitrogens with two attached hydrogens (primary N) is 1. The summed E-state index contributed by atoms with van der Waals surface area (Å²) in [7, 11) is 1.50. The van der Waals surface area contributed by atoms with Crippen LogP contribution in [0.5, 0.6) is 5.75 Å². The van der Waals surface area contributed by atoms with Crippen molar-refractivity contribution in [3.8, 4) is 5.75 Å². The van der Waals surface area contributed by atoms with Gasteiger partial charge in [-0.25, -0.2) is 4.39 Å². The molecule has 1 aromatic carbocycles. The van der Waals surface area contributed by atoms with Gasteiger partial charge in [0.25, 0.3) is 0 Å². The van der Waals surface area contributed by atoms with E-state index >= 15 is 0 Å². The van der Waals surface area contributed by atoms with Crippen molar-refractivity contribution < 1.29 is 9.13 Å². The van der Waals surface area contributed by atoms with Gasteiger partial charge in [0.05, 0.1) is 11.6 Å². The molecule has 76 valence electrons. The van der Waals surface area contributed by atoms with E-state index in [-0.39, 0.29) is 5.82 Å². The number of benzene rings is 1. The standard InChI is InChI=1S/C10H11BrFNO/c1-14-10-7(3-2-6-13)4-5-8(12)9(10)11/h2-5H,6,13H2,1H3/b3-2+. The minimum Gasteiger partial charge on any atom is -0.495 e. The van der Waals surface area contributed by atoms with Crippen LogP contribution >= 0.6 is 15.9 Å². The van der Waals surface area contributed by atoms with Crippen LogP contribution in [0.3, 0.4) is 0 Å². The van der Waals surface area contributed by atoms with Crippen molar-refractivity contribution in [1.82, 2.24) is 0 Å². The topological polar surface area (TPSA) is 35.2 Å². The Morgan fingerprint density at radius 1 is 1.57 bits per heavy atom. The van der Waals surface area contributed by atoms with Gasteiger partial charge < -0.3 is 10.5 Å². The van der Waals surface area contributed by atoms with Crippen molar-refractivity contribution >= 4 is 22.0 Å². The summed E-state index contributed by atoms with van der Waals surface area (Å²) in [6.45, 7) is 0.443. The van der Waals surface area contributed by atoms with Crippen molar-refractivity contribution in [2.45, 2.75) is 0 Å². The maximum atomic E-state index is 13.1. The van der Waals surface area contributed by atoms with E-state index in [2.05, 4.69) is 15.9 Å². The molecule has 0 saturated carbocycles. The van der Waals surface area contributed by atoms with E-state index in [0.29, 0.717) is 16.8 Å². The molecule has 0 atom stereocenters. The van der Waals surface area contributed by atoms with Gasteiger partial charge in [-0.1, -0.05) is 12.2 Å². The number of hydrogen-bond donors (Lipinski definition) is 1. The van der Waals surface area contributed by atoms with Crippen molar-refractivity contribution in [3.63, 3.8) is 0 Å². The number of methoxy groups -OCH3 is 1. The second-order valence-electron chi connectivity index (χ2n) is 2.62. The lowest BCUT2D eigenvalue weighted by Gasteiger charge is -2.07. The third-order valence-electron chi connectivity index (χ3n) is 1.72. The SMILES string of the molecule is COc1c(/C=C/CN)ccc(F)c1Br. The van der Waals surface area contributed by atoms with Gasteiger partial charge in [0.15, 0.2) is 0 Å². The fraction of sp³-hybridized carbons (Fsp3) is 0.200. The summed E-state index contributed by atoms with van der Waals surface area (Å²) in [5.74, 6) is 0.140. The highest BCUT2D eigenvalue weighted by molar-refractivity contribution is 9.10. The molecule has 0 saturated heterocycles. The second-order valence-corrected chi connectivity index (χ2v) is 3.41. The average molecular weight is 260 g/mol. The molecule has 0 unspecified atom stereocenters. The summed E-state index contributed by atoms with van der Waals surface area (Å²) in [5.41, 5.74) is 6.12. The summed E-state index contributed by atoms with van der Waals surface area (Å²) in [6, 6.07) is 3.02. The van der Waals surface area contributed by atoms with Crippen molar-refractivity contribution in [2.24, 2.45) is 5.73 Å². The number of halogens is 2. The lowest BCUT2D eigenvalue weighted by Crippen LogP contribution is -1.94. The molecule has 0 fully saturated rings. The molecule has 0 bridgehead atoms. The van der Waals surface area contributed by atoms with E-state index in [0.717, 1.165) is 5.56 Å². The fourth-order valence-corrected chi connectivity index (χ4v) is 1.60. The van der Waals surface area contributed by atoms with Crippen LogP contribution in [0.15, 0.2) is 22.7 Å². The van der Waals surface area contributed by atoms with E-state index in [9.17, 15) is 4.39 Å². The lowest BCUT2D eigenvalue weighted by atomic mass is 10.2. The number of hydrogen-bond acceptors (Lipinski definition) is 2. The van der Waals surface area contributed by atoms with E-state index in [1.807, 2.05) is 0 Å². The molecule has 14 heavy (non-hydrogen) atoms. The van der Waals surface area contributed by atoms with Crippen LogP contribution in [0.25, 0.3) is 6.08 Å². The molecule has 0 aliphatic rings. The van der Waals surface area contributed by atoms with E-state index in [4.69, 9.17) is 10.5 Å². The zero-order chi connectivity index (χ0) is 10.6. The molecule has 0 heterocycles. The largest absolute Gasteiger partial charge is 0.495 e. The first-order valence-electron chi connectivity index (χ1n) is 4.09. The van der Waals surface area contributed by atoms with Gasteiger partial charge in [0.1, 0.15) is 11.6 Å². The highest BCUT2D eigenvalue weighted by Gasteiger charge is 2.09. The Morgan fingerprint density at radius 3 is 2.86 bits per heavy atom. The van der Waals surface area contributed by atoms with Crippen LogP contribution in [-0.4, -0.2) is 13.7 Å². The molecule has 0 spiro atoms. The Bertz CT molecular complexity index is 352. The molecule has 0 radical (unpaired) electrons. The van der Waals surface area contributed by atoms with Gasteiger partial charge >= 0.3 is 0 Å². The maximum absolute atomic E-state index is 13.1. The minimum atomic E-state index is -0.341. The predicted molar refractivity (Wildman–Crippen MR) is 58.7 cm³/mol. The molecule has 0 amide bonds. The third kappa shape index (κ3) is 2.33. The van der Waals surface area contributed by atoms with E-state index in [1.165, 1.54) is 13.2 Å². The highest BCUT2D eigenvalue weighted by atomic mass is 79.9. The normalized spacial score (nSPS) is 10.9. The summed E-state index contributed by atoms with van der Waals surface area (Å²) >= 11 is 3.12. The summed E-state index contributed by atoms with van der Waals surface area (Å²) in [5, 5.41) is 0. The monoisotopic (exact) mass is 259 g/mol. The van der Waals surface area contributed by atoms with Gasteiger partial charge in [-0.3, -0.25) is 0 Å². The molecular weight excluding hydrogens is 249 g/mol. The zero-order valence-corrected chi connectivity index (χ0v) is 9.34. The smallest absolute Gasteiger partial charge is 0.143 e. The molecule has 1 aromatic rings. The first-order chi connectivity index (χ1) is 6.70. The summed E-state index contributed by atoms with van der Waals surface area (Å²) < 4.78 is 18.5. The second kappa shape index (κ2) is 5.12. The van der Waals surface area contributed by atoms with Gasteiger partial charge in [-0.2, -0.15) is 0 Å². The van der Waals surface area contributed by atoms with E-state index < -0.39 is 0 Å². The molecule has 1 rings (SSSR count). The molecule has 0 aliphatic carbocycles. The number of rotatable bonds is 3. The molecule has 4 heteroatoms. The van der Waals surface area contributed by atoms with Gasteiger partial charge in [-0.05, 0) is 28.1 Å².